The number of nitrogens with one attached hydrogen (secondary N) is 1. The maximum atomic E-state index is 11.8. The van der Waals surface area contributed by atoms with E-state index in [9.17, 15) is 8.78 Å². The monoisotopic (exact) mass is 277 g/mol. The third-order valence-corrected chi connectivity index (χ3v) is 2.69. The van der Waals surface area contributed by atoms with Gasteiger partial charge in [-0.25, -0.2) is 8.78 Å². The van der Waals surface area contributed by atoms with Crippen molar-refractivity contribution in [1.82, 2.24) is 15.5 Å². The molecule has 1 aromatic heterocycles. The van der Waals surface area contributed by atoms with Crippen molar-refractivity contribution >= 4 is 0 Å². The average Bonchev–Trinajstić information content (AvgIpc) is 2.81. The summed E-state index contributed by atoms with van der Waals surface area (Å²) in [7, 11) is 1.90. The molecule has 19 heavy (non-hydrogen) atoms. The van der Waals surface area contributed by atoms with Crippen LogP contribution in [0.4, 0.5) is 8.78 Å². The molecular formula is C12H21F2N3O2. The van der Waals surface area contributed by atoms with Gasteiger partial charge in [0.2, 0.25) is 5.89 Å². The first-order chi connectivity index (χ1) is 9.15. The minimum Gasteiger partial charge on any atom is -0.375 e. The van der Waals surface area contributed by atoms with Crippen LogP contribution in [0.1, 0.15) is 31.5 Å². The van der Waals surface area contributed by atoms with Crippen LogP contribution in [-0.2, 0) is 17.6 Å². The first-order valence-electron chi connectivity index (χ1n) is 6.50. The van der Waals surface area contributed by atoms with Gasteiger partial charge in [0.1, 0.15) is 6.61 Å². The van der Waals surface area contributed by atoms with Gasteiger partial charge >= 0.3 is 0 Å². The maximum absolute atomic E-state index is 11.8. The molecule has 110 valence electrons. The first-order valence-corrected chi connectivity index (χ1v) is 6.50. The van der Waals surface area contributed by atoms with Crippen LogP contribution in [0, 0.1) is 0 Å². The minimum absolute atomic E-state index is 0.174. The molecule has 1 aromatic rings. The molecule has 1 rings (SSSR count). The van der Waals surface area contributed by atoms with E-state index in [0.717, 1.165) is 12.8 Å². The van der Waals surface area contributed by atoms with E-state index in [1.165, 1.54) is 0 Å². The highest BCUT2D eigenvalue weighted by Crippen LogP contribution is 2.06. The molecule has 1 atom stereocenters. The first kappa shape index (κ1) is 16.0. The van der Waals surface area contributed by atoms with Crippen LogP contribution >= 0.6 is 0 Å². The molecule has 1 N–H and O–H groups in total. The van der Waals surface area contributed by atoms with Gasteiger partial charge in [-0.05, 0) is 13.5 Å². The molecule has 0 bridgehead atoms. The van der Waals surface area contributed by atoms with Gasteiger partial charge in [0.15, 0.2) is 5.82 Å². The van der Waals surface area contributed by atoms with Gasteiger partial charge in [-0.3, -0.25) is 0 Å². The summed E-state index contributed by atoms with van der Waals surface area (Å²) in [6.45, 7) is 1.74. The molecule has 5 nitrogen and oxygen atoms in total. The molecule has 0 aliphatic rings. The highest BCUT2D eigenvalue weighted by atomic mass is 19.3. The number of aromatic nitrogens is 2. The van der Waals surface area contributed by atoms with Crippen LogP contribution in [0.5, 0.6) is 0 Å². The smallest absolute Gasteiger partial charge is 0.261 e. The summed E-state index contributed by atoms with van der Waals surface area (Å²) >= 11 is 0. The average molecular weight is 277 g/mol. The molecule has 0 fully saturated rings. The van der Waals surface area contributed by atoms with Crippen molar-refractivity contribution < 1.29 is 18.0 Å². The SMILES string of the molecule is CCCC(Cc1nc(CCOCC(F)F)no1)NC. The van der Waals surface area contributed by atoms with E-state index in [2.05, 4.69) is 22.4 Å². The zero-order valence-corrected chi connectivity index (χ0v) is 11.4. The molecular weight excluding hydrogens is 256 g/mol. The molecule has 0 saturated heterocycles. The van der Waals surface area contributed by atoms with E-state index >= 15 is 0 Å². The van der Waals surface area contributed by atoms with Gasteiger partial charge in [0, 0.05) is 18.9 Å². The van der Waals surface area contributed by atoms with Crippen LogP contribution in [0.15, 0.2) is 4.52 Å². The van der Waals surface area contributed by atoms with E-state index in [4.69, 9.17) is 9.26 Å². The number of halogens is 2. The highest BCUT2D eigenvalue weighted by Gasteiger charge is 2.12. The molecule has 7 heteroatoms. The van der Waals surface area contributed by atoms with E-state index in [1.807, 2.05) is 7.05 Å². The second kappa shape index (κ2) is 8.92. The standard InChI is InChI=1S/C12H21F2N3O2/c1-3-4-9(15-2)7-12-16-11(17-19-12)5-6-18-8-10(13)14/h9-10,15H,3-8H2,1-2H3. The second-order valence-corrected chi connectivity index (χ2v) is 4.30. The lowest BCUT2D eigenvalue weighted by Crippen LogP contribution is -2.27. The lowest BCUT2D eigenvalue weighted by atomic mass is 10.1. The Kier molecular flexibility index (Phi) is 7.50. The van der Waals surface area contributed by atoms with Crippen molar-refractivity contribution in [2.45, 2.75) is 45.1 Å². The minimum atomic E-state index is -2.44. The Morgan fingerprint density at radius 2 is 2.21 bits per heavy atom. The Bertz CT molecular complexity index is 347. The molecule has 0 saturated carbocycles. The lowest BCUT2D eigenvalue weighted by Gasteiger charge is -2.11. The Balaban J connectivity index is 2.31. The largest absolute Gasteiger partial charge is 0.375 e. The molecule has 0 aromatic carbocycles. The van der Waals surface area contributed by atoms with Gasteiger partial charge < -0.3 is 14.6 Å². The fourth-order valence-corrected chi connectivity index (χ4v) is 1.72. The topological polar surface area (TPSA) is 60.2 Å². The summed E-state index contributed by atoms with van der Waals surface area (Å²) in [5.74, 6) is 1.06. The number of alkyl halides is 2. The van der Waals surface area contributed by atoms with Crippen LogP contribution in [0.2, 0.25) is 0 Å². The number of hydrogen-bond acceptors (Lipinski definition) is 5. The van der Waals surface area contributed by atoms with Crippen molar-refractivity contribution in [3.63, 3.8) is 0 Å². The Morgan fingerprint density at radius 1 is 1.42 bits per heavy atom. The molecule has 0 aliphatic carbocycles. The second-order valence-electron chi connectivity index (χ2n) is 4.30. The van der Waals surface area contributed by atoms with Crippen molar-refractivity contribution in [1.29, 1.82) is 0 Å². The number of rotatable bonds is 10. The Hall–Kier alpha value is -1.08. The Labute approximate surface area is 111 Å². The fourth-order valence-electron chi connectivity index (χ4n) is 1.72. The molecule has 0 spiro atoms. The van der Waals surface area contributed by atoms with E-state index < -0.39 is 13.0 Å². The van der Waals surface area contributed by atoms with Crippen molar-refractivity contribution in [2.75, 3.05) is 20.3 Å². The summed E-state index contributed by atoms with van der Waals surface area (Å²) < 4.78 is 33.6. The predicted molar refractivity (Wildman–Crippen MR) is 66.3 cm³/mol. The number of likely N-dealkylation sites (N-methyl/N-ethyl adjacent to an activating group) is 1. The van der Waals surface area contributed by atoms with Crippen molar-refractivity contribution in [2.24, 2.45) is 0 Å². The van der Waals surface area contributed by atoms with Gasteiger partial charge in [-0.1, -0.05) is 18.5 Å². The van der Waals surface area contributed by atoms with Crippen LogP contribution in [-0.4, -0.2) is 42.9 Å². The molecule has 0 radical (unpaired) electrons. The lowest BCUT2D eigenvalue weighted by molar-refractivity contribution is 0.0182. The third-order valence-electron chi connectivity index (χ3n) is 2.69. The molecule has 0 amide bonds. The highest BCUT2D eigenvalue weighted by molar-refractivity contribution is 4.89. The van der Waals surface area contributed by atoms with Gasteiger partial charge in [-0.15, -0.1) is 0 Å². The third kappa shape index (κ3) is 6.58. The zero-order valence-electron chi connectivity index (χ0n) is 11.4. The quantitative estimate of drug-likeness (QED) is 0.661. The van der Waals surface area contributed by atoms with Crippen LogP contribution in [0.25, 0.3) is 0 Å². The van der Waals surface area contributed by atoms with Crippen molar-refractivity contribution in [3.8, 4) is 0 Å². The number of ether oxygens (including phenoxy) is 1. The van der Waals surface area contributed by atoms with Crippen molar-refractivity contribution in [3.05, 3.63) is 11.7 Å². The van der Waals surface area contributed by atoms with Crippen LogP contribution in [0.3, 0.4) is 0 Å². The predicted octanol–water partition coefficient (Wildman–Crippen LogP) is 1.82. The molecule has 1 heterocycles. The summed E-state index contributed by atoms with van der Waals surface area (Å²) in [6, 6.07) is 0.313. The van der Waals surface area contributed by atoms with Gasteiger partial charge in [0.25, 0.3) is 6.43 Å². The van der Waals surface area contributed by atoms with Gasteiger partial charge in [0.05, 0.1) is 6.61 Å². The van der Waals surface area contributed by atoms with E-state index in [0.29, 0.717) is 30.6 Å². The van der Waals surface area contributed by atoms with E-state index in [1.54, 1.807) is 0 Å². The maximum Gasteiger partial charge on any atom is 0.261 e. The number of hydrogen-bond donors (Lipinski definition) is 1. The summed E-state index contributed by atoms with van der Waals surface area (Å²) in [4.78, 5) is 4.21. The number of nitrogens with zero attached hydrogens (tertiary/aromatic N) is 2. The van der Waals surface area contributed by atoms with E-state index in [-0.39, 0.29) is 6.61 Å². The zero-order chi connectivity index (χ0) is 14.1. The normalized spacial score (nSPS) is 13.1. The summed E-state index contributed by atoms with van der Waals surface area (Å²) in [5.41, 5.74) is 0. The van der Waals surface area contributed by atoms with Crippen LogP contribution < -0.4 is 5.32 Å². The molecule has 0 aliphatic heterocycles. The summed E-state index contributed by atoms with van der Waals surface area (Å²) in [5, 5.41) is 6.99. The molecule has 1 unspecified atom stereocenters. The fraction of sp³-hybridized carbons (Fsp3) is 0.833. The van der Waals surface area contributed by atoms with Gasteiger partial charge in [-0.2, -0.15) is 4.98 Å². The Morgan fingerprint density at radius 3 is 2.84 bits per heavy atom. The summed E-state index contributed by atoms with van der Waals surface area (Å²) in [6.07, 6.45) is 0.731.